The number of nitrogens with zero attached hydrogens (tertiary/aromatic N) is 2. The van der Waals surface area contributed by atoms with Crippen LogP contribution < -0.4 is 11.4 Å². The lowest BCUT2D eigenvalue weighted by atomic mass is 10.1. The van der Waals surface area contributed by atoms with Gasteiger partial charge < -0.3 is 41.1 Å². The second-order valence-corrected chi connectivity index (χ2v) is 6.53. The van der Waals surface area contributed by atoms with Gasteiger partial charge in [-0.25, -0.2) is 4.79 Å². The lowest BCUT2D eigenvalue weighted by Gasteiger charge is -2.16. The van der Waals surface area contributed by atoms with E-state index in [-0.39, 0.29) is 12.2 Å². The fourth-order valence-corrected chi connectivity index (χ4v) is 2.48. The Bertz CT molecular complexity index is 673. The number of rotatable bonds is 6. The van der Waals surface area contributed by atoms with E-state index in [0.717, 1.165) is 4.57 Å². The van der Waals surface area contributed by atoms with Crippen LogP contribution in [-0.4, -0.2) is 88.6 Å². The van der Waals surface area contributed by atoms with Gasteiger partial charge in [0.15, 0.2) is 10.9 Å². The van der Waals surface area contributed by atoms with Gasteiger partial charge in [-0.2, -0.15) is 4.98 Å². The lowest BCUT2D eigenvalue weighted by molar-refractivity contribution is -0.114. The highest BCUT2D eigenvalue weighted by Gasteiger charge is 2.43. The molecule has 12 nitrogen and oxygen atoms in total. The Balaban J connectivity index is 0.000000314. The molecular formula is C14H22BrN3O9. The highest BCUT2D eigenvalue weighted by Crippen LogP contribution is 2.27. The SMILES string of the molecule is Nc1ccn([C@@H]2O[C@H](CO)[C@@H](O)[C@H]2O)c(=O)n1.O=C(Br)CC(O)C(O)CO. The van der Waals surface area contributed by atoms with Crippen LogP contribution in [0.1, 0.15) is 12.6 Å². The van der Waals surface area contributed by atoms with Gasteiger partial charge in [-0.1, -0.05) is 0 Å². The van der Waals surface area contributed by atoms with Crippen molar-refractivity contribution in [2.24, 2.45) is 0 Å². The molecule has 2 rings (SSSR count). The Labute approximate surface area is 161 Å². The summed E-state index contributed by atoms with van der Waals surface area (Å²) in [6.45, 7) is -0.993. The summed E-state index contributed by atoms with van der Waals surface area (Å²) < 4.78 is 5.79. The first-order valence-electron chi connectivity index (χ1n) is 7.74. The van der Waals surface area contributed by atoms with E-state index in [1.807, 2.05) is 0 Å². The molecule has 0 aromatic carbocycles. The van der Waals surface area contributed by atoms with Crippen LogP contribution in [0.5, 0.6) is 0 Å². The van der Waals surface area contributed by atoms with Crippen LogP contribution in [-0.2, 0) is 9.53 Å². The Morgan fingerprint density at radius 3 is 2.37 bits per heavy atom. The molecule has 0 bridgehead atoms. The number of carbonyl (C=O) groups excluding carboxylic acids is 1. The minimum Gasteiger partial charge on any atom is -0.394 e. The predicted octanol–water partition coefficient (Wildman–Crippen LogP) is -3.55. The fraction of sp³-hybridized carbons (Fsp3) is 0.643. The summed E-state index contributed by atoms with van der Waals surface area (Å²) in [5, 5.41) is 54.0. The van der Waals surface area contributed by atoms with Crippen molar-refractivity contribution in [1.82, 2.24) is 9.55 Å². The summed E-state index contributed by atoms with van der Waals surface area (Å²) in [4.78, 5) is 25.2. The highest BCUT2D eigenvalue weighted by molar-refractivity contribution is 9.18. The van der Waals surface area contributed by atoms with Crippen LogP contribution in [0.3, 0.4) is 0 Å². The molecule has 0 spiro atoms. The fourth-order valence-electron chi connectivity index (χ4n) is 2.15. The summed E-state index contributed by atoms with van der Waals surface area (Å²) in [6, 6.07) is 1.37. The molecule has 27 heavy (non-hydrogen) atoms. The van der Waals surface area contributed by atoms with Crippen molar-refractivity contribution < 1.29 is 40.2 Å². The maximum Gasteiger partial charge on any atom is 0.351 e. The van der Waals surface area contributed by atoms with E-state index in [4.69, 9.17) is 30.9 Å². The molecule has 0 aliphatic carbocycles. The zero-order chi connectivity index (χ0) is 20.7. The molecule has 1 aromatic heterocycles. The number of hydrogen-bond acceptors (Lipinski definition) is 11. The molecule has 1 aliphatic rings. The highest BCUT2D eigenvalue weighted by atomic mass is 79.9. The number of aliphatic hydroxyl groups is 6. The number of halogens is 1. The molecule has 0 saturated carbocycles. The number of aromatic nitrogens is 2. The van der Waals surface area contributed by atoms with Crippen molar-refractivity contribution in [2.45, 2.75) is 43.2 Å². The zero-order valence-corrected chi connectivity index (χ0v) is 15.6. The van der Waals surface area contributed by atoms with E-state index < -0.39 is 60.3 Å². The molecule has 13 heteroatoms. The van der Waals surface area contributed by atoms with E-state index in [9.17, 15) is 19.8 Å². The number of hydrogen-bond donors (Lipinski definition) is 7. The third-order valence-electron chi connectivity index (χ3n) is 3.64. The van der Waals surface area contributed by atoms with Crippen molar-refractivity contribution in [3.8, 4) is 0 Å². The second kappa shape index (κ2) is 10.8. The van der Waals surface area contributed by atoms with Crippen LogP contribution in [0.25, 0.3) is 0 Å². The van der Waals surface area contributed by atoms with Crippen molar-refractivity contribution >= 4 is 26.4 Å². The van der Waals surface area contributed by atoms with Crippen molar-refractivity contribution in [1.29, 1.82) is 0 Å². The summed E-state index contributed by atoms with van der Waals surface area (Å²) >= 11 is 2.58. The Hall–Kier alpha value is -1.45. The maximum atomic E-state index is 11.5. The van der Waals surface area contributed by atoms with Crippen LogP contribution in [0.2, 0.25) is 0 Å². The number of carbonyl (C=O) groups is 1. The average Bonchev–Trinajstić information content (AvgIpc) is 2.89. The largest absolute Gasteiger partial charge is 0.394 e. The summed E-state index contributed by atoms with van der Waals surface area (Å²) in [5.41, 5.74) is 4.63. The second-order valence-electron chi connectivity index (χ2n) is 5.65. The standard InChI is InChI=1S/C9H13N3O5.C5H9BrO4/c10-5-1-2-12(9(16)11-5)8-7(15)6(14)4(3-13)17-8;6-5(10)1-3(8)4(9)2-7/h1-2,4,6-8,13-15H,3H2,(H2,10,11,16);3-4,7-9H,1-2H2/t4-,6-,7-,8-;/m1./s1. The lowest BCUT2D eigenvalue weighted by Crippen LogP contribution is -2.36. The van der Waals surface area contributed by atoms with Crippen molar-refractivity contribution in [2.75, 3.05) is 18.9 Å². The molecule has 0 radical (unpaired) electrons. The van der Waals surface area contributed by atoms with Gasteiger partial charge in [0, 0.05) is 12.6 Å². The summed E-state index contributed by atoms with van der Waals surface area (Å²) in [5.74, 6) is 0.0537. The first-order chi connectivity index (χ1) is 12.6. The van der Waals surface area contributed by atoms with Gasteiger partial charge >= 0.3 is 5.69 Å². The van der Waals surface area contributed by atoms with Gasteiger partial charge in [0.2, 0.25) is 0 Å². The average molecular weight is 456 g/mol. The number of nitrogen functional groups attached to an aromatic ring is 1. The van der Waals surface area contributed by atoms with Gasteiger partial charge in [0.05, 0.1) is 19.3 Å². The molecule has 8 N–H and O–H groups in total. The maximum absolute atomic E-state index is 11.5. The van der Waals surface area contributed by atoms with E-state index >= 15 is 0 Å². The van der Waals surface area contributed by atoms with E-state index in [0.29, 0.717) is 0 Å². The van der Waals surface area contributed by atoms with Crippen LogP contribution in [0, 0.1) is 0 Å². The Kier molecular flexibility index (Phi) is 9.41. The van der Waals surface area contributed by atoms with Crippen LogP contribution in [0.15, 0.2) is 17.1 Å². The van der Waals surface area contributed by atoms with E-state index in [1.165, 1.54) is 12.3 Å². The molecule has 6 atom stereocenters. The topological polar surface area (TPSA) is 209 Å². The first-order valence-corrected chi connectivity index (χ1v) is 8.54. The quantitative estimate of drug-likeness (QED) is 0.208. The third kappa shape index (κ3) is 6.58. The van der Waals surface area contributed by atoms with Crippen molar-refractivity contribution in [3.63, 3.8) is 0 Å². The summed E-state index contributed by atoms with van der Waals surface area (Å²) in [7, 11) is 0. The molecule has 1 saturated heterocycles. The number of nitrogens with two attached hydrogens (primary N) is 1. The Morgan fingerprint density at radius 1 is 1.30 bits per heavy atom. The minimum atomic E-state index is -1.31. The number of ether oxygens (including phenoxy) is 1. The normalized spacial score (nSPS) is 26.8. The van der Waals surface area contributed by atoms with Gasteiger partial charge in [-0.05, 0) is 22.0 Å². The smallest absolute Gasteiger partial charge is 0.351 e. The molecule has 1 fully saturated rings. The van der Waals surface area contributed by atoms with Gasteiger partial charge in [-0.3, -0.25) is 9.36 Å². The predicted molar refractivity (Wildman–Crippen MR) is 93.6 cm³/mol. The number of anilines is 1. The van der Waals surface area contributed by atoms with E-state index in [2.05, 4.69) is 20.9 Å². The molecule has 0 amide bonds. The van der Waals surface area contributed by atoms with Gasteiger partial charge in [-0.15, -0.1) is 0 Å². The van der Waals surface area contributed by atoms with Gasteiger partial charge in [0.1, 0.15) is 30.2 Å². The van der Waals surface area contributed by atoms with Crippen molar-refractivity contribution in [3.05, 3.63) is 22.7 Å². The molecule has 1 aromatic rings. The molecular weight excluding hydrogens is 434 g/mol. The zero-order valence-electron chi connectivity index (χ0n) is 14.0. The van der Waals surface area contributed by atoms with E-state index in [1.54, 1.807) is 0 Å². The summed E-state index contributed by atoms with van der Waals surface area (Å²) in [6.07, 6.45) is -5.88. The molecule has 1 aliphatic heterocycles. The first kappa shape index (κ1) is 23.6. The molecule has 154 valence electrons. The number of aliphatic hydroxyl groups excluding tert-OH is 6. The van der Waals surface area contributed by atoms with Gasteiger partial charge in [0.25, 0.3) is 0 Å². The van der Waals surface area contributed by atoms with Crippen LogP contribution in [0.4, 0.5) is 5.82 Å². The van der Waals surface area contributed by atoms with Crippen LogP contribution >= 0.6 is 15.9 Å². The monoisotopic (exact) mass is 455 g/mol. The Morgan fingerprint density at radius 2 is 1.93 bits per heavy atom. The molecule has 2 unspecified atom stereocenters. The third-order valence-corrected chi connectivity index (χ3v) is 3.97. The molecule has 2 heterocycles. The minimum absolute atomic E-state index is 0.0537.